The second kappa shape index (κ2) is 3.26. The lowest BCUT2D eigenvalue weighted by molar-refractivity contribution is 0.551. The van der Waals surface area contributed by atoms with Gasteiger partial charge in [0.05, 0.1) is 0 Å². The Balaban J connectivity index is 2.62. The molecule has 14 heavy (non-hydrogen) atoms. The molecule has 0 aliphatic heterocycles. The van der Waals surface area contributed by atoms with Crippen LogP contribution < -0.4 is 5.73 Å². The zero-order valence-electron chi connectivity index (χ0n) is 7.57. The van der Waals surface area contributed by atoms with Crippen molar-refractivity contribution in [1.82, 2.24) is 10.2 Å². The highest BCUT2D eigenvalue weighted by atomic mass is 32.1. The Kier molecular flexibility index (Phi) is 2.09. The van der Waals surface area contributed by atoms with E-state index in [0.717, 1.165) is 11.1 Å². The van der Waals surface area contributed by atoms with Crippen LogP contribution in [-0.2, 0) is 0 Å². The van der Waals surface area contributed by atoms with Crippen LogP contribution in [-0.4, -0.2) is 10.2 Å². The summed E-state index contributed by atoms with van der Waals surface area (Å²) in [5.74, 6) is 0.472. The Morgan fingerprint density at radius 2 is 2.29 bits per heavy atom. The van der Waals surface area contributed by atoms with Gasteiger partial charge >= 0.3 is 0 Å². The number of rotatable bonds is 1. The van der Waals surface area contributed by atoms with E-state index < -0.39 is 0 Å². The van der Waals surface area contributed by atoms with E-state index in [0.29, 0.717) is 11.6 Å². The van der Waals surface area contributed by atoms with Crippen molar-refractivity contribution in [3.8, 4) is 11.5 Å². The summed E-state index contributed by atoms with van der Waals surface area (Å²) in [6, 6.07) is 5.57. The van der Waals surface area contributed by atoms with Crippen LogP contribution in [0.5, 0.6) is 0 Å². The lowest BCUT2D eigenvalue weighted by Crippen LogP contribution is -1.91. The van der Waals surface area contributed by atoms with Crippen LogP contribution in [0, 0.1) is 11.8 Å². The van der Waals surface area contributed by atoms with E-state index in [1.54, 1.807) is 0 Å². The number of H-pyrrole nitrogens is 1. The van der Waals surface area contributed by atoms with Gasteiger partial charge in [-0.1, -0.05) is 6.07 Å². The molecule has 0 atom stereocenters. The SMILES string of the molecule is Cc1c(N)cccc1-c1n[nH]c(=S)o1. The number of aromatic nitrogens is 2. The van der Waals surface area contributed by atoms with Crippen LogP contribution in [0.3, 0.4) is 0 Å². The number of nitrogen functional groups attached to an aromatic ring is 1. The minimum atomic E-state index is 0.266. The maximum atomic E-state index is 5.76. The third-order valence-electron chi connectivity index (χ3n) is 2.04. The van der Waals surface area contributed by atoms with Gasteiger partial charge in [-0.2, -0.15) is 0 Å². The molecular weight excluding hydrogens is 198 g/mol. The van der Waals surface area contributed by atoms with E-state index in [1.807, 2.05) is 25.1 Å². The van der Waals surface area contributed by atoms with Gasteiger partial charge in [-0.25, -0.2) is 5.10 Å². The van der Waals surface area contributed by atoms with Crippen LogP contribution in [0.15, 0.2) is 22.6 Å². The summed E-state index contributed by atoms with van der Waals surface area (Å²) in [6.45, 7) is 1.91. The molecule has 1 aromatic heterocycles. The number of nitrogens with zero attached hydrogens (tertiary/aromatic N) is 1. The second-order valence-electron chi connectivity index (χ2n) is 2.94. The first-order chi connectivity index (χ1) is 6.68. The summed E-state index contributed by atoms with van der Waals surface area (Å²) >= 11 is 4.79. The molecule has 0 saturated carbocycles. The Morgan fingerprint density at radius 3 is 2.93 bits per heavy atom. The molecule has 2 aromatic rings. The van der Waals surface area contributed by atoms with Gasteiger partial charge in [0.25, 0.3) is 4.84 Å². The molecule has 0 fully saturated rings. The van der Waals surface area contributed by atoms with Gasteiger partial charge in [0.2, 0.25) is 5.89 Å². The van der Waals surface area contributed by atoms with Gasteiger partial charge in [0.15, 0.2) is 0 Å². The van der Waals surface area contributed by atoms with Crippen molar-refractivity contribution in [1.29, 1.82) is 0 Å². The minimum absolute atomic E-state index is 0.266. The number of aromatic amines is 1. The number of nitrogens with two attached hydrogens (primary N) is 1. The molecule has 72 valence electrons. The van der Waals surface area contributed by atoms with E-state index in [9.17, 15) is 0 Å². The Bertz CT molecular complexity index is 515. The highest BCUT2D eigenvalue weighted by molar-refractivity contribution is 7.71. The van der Waals surface area contributed by atoms with Crippen molar-refractivity contribution in [3.63, 3.8) is 0 Å². The summed E-state index contributed by atoms with van der Waals surface area (Å²) in [5, 5.41) is 6.51. The van der Waals surface area contributed by atoms with Crippen LogP contribution >= 0.6 is 12.2 Å². The summed E-state index contributed by atoms with van der Waals surface area (Å²) in [4.78, 5) is 0.266. The molecule has 1 heterocycles. The average Bonchev–Trinajstić information content (AvgIpc) is 2.57. The quantitative estimate of drug-likeness (QED) is 0.556. The predicted octanol–water partition coefficient (Wildman–Crippen LogP) is 2.29. The first kappa shape index (κ1) is 8.96. The molecule has 3 N–H and O–H groups in total. The van der Waals surface area contributed by atoms with Crippen molar-refractivity contribution >= 4 is 17.9 Å². The Labute approximate surface area is 85.8 Å². The summed E-state index contributed by atoms with van der Waals surface area (Å²) < 4.78 is 5.20. The largest absolute Gasteiger partial charge is 0.409 e. The van der Waals surface area contributed by atoms with E-state index >= 15 is 0 Å². The second-order valence-corrected chi connectivity index (χ2v) is 3.31. The summed E-state index contributed by atoms with van der Waals surface area (Å²) in [7, 11) is 0. The van der Waals surface area contributed by atoms with Gasteiger partial charge < -0.3 is 10.2 Å². The fourth-order valence-electron chi connectivity index (χ4n) is 1.23. The van der Waals surface area contributed by atoms with E-state index in [1.165, 1.54) is 0 Å². The monoisotopic (exact) mass is 207 g/mol. The molecule has 0 bridgehead atoms. The number of anilines is 1. The fourth-order valence-corrected chi connectivity index (χ4v) is 1.35. The Morgan fingerprint density at radius 1 is 1.50 bits per heavy atom. The molecule has 0 saturated heterocycles. The zero-order chi connectivity index (χ0) is 10.1. The number of nitrogens with one attached hydrogen (secondary N) is 1. The number of hydrogen-bond donors (Lipinski definition) is 2. The van der Waals surface area contributed by atoms with Crippen LogP contribution in [0.4, 0.5) is 5.69 Å². The van der Waals surface area contributed by atoms with E-state index in [2.05, 4.69) is 10.2 Å². The number of benzene rings is 1. The summed E-state index contributed by atoms with van der Waals surface area (Å²) in [6.07, 6.45) is 0. The third kappa shape index (κ3) is 1.42. The molecule has 0 amide bonds. The van der Waals surface area contributed by atoms with Crippen LogP contribution in [0.2, 0.25) is 0 Å². The molecule has 4 nitrogen and oxygen atoms in total. The molecule has 5 heteroatoms. The lowest BCUT2D eigenvalue weighted by atomic mass is 10.1. The molecular formula is C9H9N3OS. The van der Waals surface area contributed by atoms with E-state index in [-0.39, 0.29) is 4.84 Å². The van der Waals surface area contributed by atoms with Crippen LogP contribution in [0.1, 0.15) is 5.56 Å². The highest BCUT2D eigenvalue weighted by Gasteiger charge is 2.08. The molecule has 0 aliphatic rings. The van der Waals surface area contributed by atoms with Crippen molar-refractivity contribution in [2.45, 2.75) is 6.92 Å². The first-order valence-electron chi connectivity index (χ1n) is 4.09. The topological polar surface area (TPSA) is 67.8 Å². The highest BCUT2D eigenvalue weighted by Crippen LogP contribution is 2.24. The van der Waals surface area contributed by atoms with E-state index in [4.69, 9.17) is 22.4 Å². The lowest BCUT2D eigenvalue weighted by Gasteiger charge is -2.03. The van der Waals surface area contributed by atoms with Crippen molar-refractivity contribution < 1.29 is 4.42 Å². The average molecular weight is 207 g/mol. The maximum absolute atomic E-state index is 5.76. The van der Waals surface area contributed by atoms with Crippen molar-refractivity contribution in [2.75, 3.05) is 5.73 Å². The fraction of sp³-hybridized carbons (Fsp3) is 0.111. The molecule has 1 aromatic carbocycles. The van der Waals surface area contributed by atoms with Gasteiger partial charge in [0, 0.05) is 11.3 Å². The van der Waals surface area contributed by atoms with Gasteiger partial charge in [-0.05, 0) is 36.8 Å². The minimum Gasteiger partial charge on any atom is -0.409 e. The third-order valence-corrected chi connectivity index (χ3v) is 2.22. The standard InChI is InChI=1S/C9H9N3OS/c1-5-6(3-2-4-7(5)10)8-11-12-9(14)13-8/h2-4H,10H2,1H3,(H,12,14). The van der Waals surface area contributed by atoms with Gasteiger partial charge in [-0.15, -0.1) is 5.10 Å². The predicted molar refractivity (Wildman–Crippen MR) is 56.3 cm³/mol. The molecule has 0 aliphatic carbocycles. The summed E-state index contributed by atoms with van der Waals surface area (Å²) in [5.41, 5.74) is 8.27. The number of hydrogen-bond acceptors (Lipinski definition) is 4. The maximum Gasteiger partial charge on any atom is 0.284 e. The smallest absolute Gasteiger partial charge is 0.284 e. The normalized spacial score (nSPS) is 10.4. The molecule has 2 rings (SSSR count). The van der Waals surface area contributed by atoms with Gasteiger partial charge in [0.1, 0.15) is 0 Å². The Hall–Kier alpha value is -1.62. The van der Waals surface area contributed by atoms with Crippen molar-refractivity contribution in [2.24, 2.45) is 0 Å². The zero-order valence-corrected chi connectivity index (χ0v) is 8.39. The molecule has 0 unspecified atom stereocenters. The van der Waals surface area contributed by atoms with Crippen LogP contribution in [0.25, 0.3) is 11.5 Å². The van der Waals surface area contributed by atoms with Gasteiger partial charge in [-0.3, -0.25) is 0 Å². The first-order valence-corrected chi connectivity index (χ1v) is 4.50. The molecule has 0 spiro atoms. The molecule has 0 radical (unpaired) electrons. The van der Waals surface area contributed by atoms with Crippen molar-refractivity contribution in [3.05, 3.63) is 28.6 Å².